The predicted octanol–water partition coefficient (Wildman–Crippen LogP) is 3.32. The van der Waals surface area contributed by atoms with Gasteiger partial charge < -0.3 is 19.2 Å². The van der Waals surface area contributed by atoms with Crippen molar-refractivity contribution in [2.24, 2.45) is 0 Å². The number of furan rings is 1. The standard InChI is InChI=1S/C16H21N3O3/c1-10-14(12(3)22-18-10)9-17-16(20)19(13-6-7-13)11(2)15-5-4-8-21-15/h4-5,8,11,13H,6-7,9H2,1-3H3,(H,17,20)/t11-/m1/s1. The van der Waals surface area contributed by atoms with E-state index in [9.17, 15) is 4.79 Å². The van der Waals surface area contributed by atoms with Crippen LogP contribution in [-0.4, -0.2) is 22.1 Å². The van der Waals surface area contributed by atoms with Gasteiger partial charge in [0.25, 0.3) is 0 Å². The maximum absolute atomic E-state index is 12.6. The number of carbonyl (C=O) groups is 1. The molecule has 0 unspecified atom stereocenters. The number of aromatic nitrogens is 1. The number of amides is 2. The van der Waals surface area contributed by atoms with Gasteiger partial charge >= 0.3 is 6.03 Å². The van der Waals surface area contributed by atoms with Crippen molar-refractivity contribution < 1.29 is 13.7 Å². The zero-order chi connectivity index (χ0) is 15.7. The second kappa shape index (κ2) is 5.87. The molecule has 0 radical (unpaired) electrons. The van der Waals surface area contributed by atoms with Gasteiger partial charge in [0.1, 0.15) is 11.5 Å². The molecule has 0 bridgehead atoms. The maximum Gasteiger partial charge on any atom is 0.318 e. The molecule has 6 nitrogen and oxygen atoms in total. The molecule has 3 rings (SSSR count). The van der Waals surface area contributed by atoms with E-state index in [0.717, 1.165) is 35.6 Å². The van der Waals surface area contributed by atoms with E-state index in [0.29, 0.717) is 12.6 Å². The van der Waals surface area contributed by atoms with Gasteiger partial charge in [0.05, 0.1) is 18.0 Å². The summed E-state index contributed by atoms with van der Waals surface area (Å²) in [4.78, 5) is 14.5. The first-order valence-corrected chi connectivity index (χ1v) is 7.59. The van der Waals surface area contributed by atoms with Crippen molar-refractivity contribution in [1.82, 2.24) is 15.4 Å². The van der Waals surface area contributed by atoms with E-state index in [1.807, 2.05) is 37.8 Å². The molecule has 22 heavy (non-hydrogen) atoms. The fourth-order valence-corrected chi connectivity index (χ4v) is 2.69. The van der Waals surface area contributed by atoms with Crippen LogP contribution in [0, 0.1) is 13.8 Å². The number of hydrogen-bond acceptors (Lipinski definition) is 4. The lowest BCUT2D eigenvalue weighted by Crippen LogP contribution is -2.42. The van der Waals surface area contributed by atoms with E-state index in [4.69, 9.17) is 8.94 Å². The summed E-state index contributed by atoms with van der Waals surface area (Å²) in [6.07, 6.45) is 3.73. The number of rotatable bonds is 5. The van der Waals surface area contributed by atoms with Crippen molar-refractivity contribution in [3.8, 4) is 0 Å². The van der Waals surface area contributed by atoms with Crippen LogP contribution in [0.2, 0.25) is 0 Å². The third-order valence-corrected chi connectivity index (χ3v) is 4.14. The number of hydrogen-bond donors (Lipinski definition) is 1. The van der Waals surface area contributed by atoms with Crippen molar-refractivity contribution >= 4 is 6.03 Å². The van der Waals surface area contributed by atoms with Gasteiger partial charge in [-0.25, -0.2) is 4.79 Å². The average molecular weight is 303 g/mol. The monoisotopic (exact) mass is 303 g/mol. The van der Waals surface area contributed by atoms with Crippen molar-refractivity contribution in [3.63, 3.8) is 0 Å². The Balaban J connectivity index is 1.68. The van der Waals surface area contributed by atoms with Gasteiger partial charge in [0.2, 0.25) is 0 Å². The lowest BCUT2D eigenvalue weighted by Gasteiger charge is -2.28. The molecule has 1 atom stereocenters. The lowest BCUT2D eigenvalue weighted by molar-refractivity contribution is 0.166. The number of nitrogens with one attached hydrogen (secondary N) is 1. The molecule has 2 aromatic rings. The molecule has 2 heterocycles. The average Bonchev–Trinajstić information content (AvgIpc) is 3.06. The first kappa shape index (κ1) is 14.7. The topological polar surface area (TPSA) is 71.5 Å². The van der Waals surface area contributed by atoms with Crippen molar-refractivity contribution in [2.45, 2.75) is 52.2 Å². The molecule has 0 aliphatic heterocycles. The molecule has 1 aliphatic rings. The second-order valence-corrected chi connectivity index (χ2v) is 5.79. The molecule has 2 aromatic heterocycles. The molecule has 1 saturated carbocycles. The van der Waals surface area contributed by atoms with E-state index in [1.165, 1.54) is 0 Å². The third kappa shape index (κ3) is 2.86. The molecule has 118 valence electrons. The van der Waals surface area contributed by atoms with Crippen LogP contribution in [-0.2, 0) is 6.54 Å². The van der Waals surface area contributed by atoms with Gasteiger partial charge in [0.15, 0.2) is 0 Å². The summed E-state index contributed by atoms with van der Waals surface area (Å²) in [6.45, 7) is 6.15. The zero-order valence-electron chi connectivity index (χ0n) is 13.1. The molecule has 0 aromatic carbocycles. The van der Waals surface area contributed by atoms with Crippen LogP contribution < -0.4 is 5.32 Å². The first-order valence-electron chi connectivity index (χ1n) is 7.59. The normalized spacial score (nSPS) is 15.6. The van der Waals surface area contributed by atoms with Gasteiger partial charge in [-0.15, -0.1) is 0 Å². The van der Waals surface area contributed by atoms with Gasteiger partial charge in [-0.05, 0) is 45.7 Å². The minimum Gasteiger partial charge on any atom is -0.467 e. The van der Waals surface area contributed by atoms with E-state index in [-0.39, 0.29) is 12.1 Å². The molecular formula is C16H21N3O3. The Kier molecular flexibility index (Phi) is 3.92. The van der Waals surface area contributed by atoms with Crippen molar-refractivity contribution in [1.29, 1.82) is 0 Å². The summed E-state index contributed by atoms with van der Waals surface area (Å²) >= 11 is 0. The Morgan fingerprint density at radius 2 is 2.27 bits per heavy atom. The first-order chi connectivity index (χ1) is 10.6. The van der Waals surface area contributed by atoms with Crippen LogP contribution >= 0.6 is 0 Å². The SMILES string of the molecule is Cc1noc(C)c1CNC(=O)N(C1CC1)[C@H](C)c1ccco1. The second-order valence-electron chi connectivity index (χ2n) is 5.79. The Morgan fingerprint density at radius 3 is 2.82 bits per heavy atom. The van der Waals surface area contributed by atoms with E-state index in [2.05, 4.69) is 10.5 Å². The van der Waals surface area contributed by atoms with E-state index >= 15 is 0 Å². The number of nitrogens with zero attached hydrogens (tertiary/aromatic N) is 2. The van der Waals surface area contributed by atoms with Gasteiger partial charge in [0, 0.05) is 18.2 Å². The van der Waals surface area contributed by atoms with Gasteiger partial charge in [-0.2, -0.15) is 0 Å². The fraction of sp³-hybridized carbons (Fsp3) is 0.500. The predicted molar refractivity (Wildman–Crippen MR) is 80.2 cm³/mol. The van der Waals surface area contributed by atoms with E-state index < -0.39 is 0 Å². The summed E-state index contributed by atoms with van der Waals surface area (Å²) in [5.74, 6) is 1.55. The highest BCUT2D eigenvalue weighted by Crippen LogP contribution is 2.34. The van der Waals surface area contributed by atoms with E-state index in [1.54, 1.807) is 6.26 Å². The smallest absolute Gasteiger partial charge is 0.318 e. The summed E-state index contributed by atoms with van der Waals surface area (Å²) in [7, 11) is 0. The Hall–Kier alpha value is -2.24. The van der Waals surface area contributed by atoms with Gasteiger partial charge in [-0.1, -0.05) is 5.16 Å². The maximum atomic E-state index is 12.6. The largest absolute Gasteiger partial charge is 0.467 e. The van der Waals surface area contributed by atoms with Gasteiger partial charge in [-0.3, -0.25) is 0 Å². The summed E-state index contributed by atoms with van der Waals surface area (Å²) < 4.78 is 10.6. The molecular weight excluding hydrogens is 282 g/mol. The highest BCUT2D eigenvalue weighted by atomic mass is 16.5. The van der Waals surface area contributed by atoms with Crippen LogP contribution in [0.25, 0.3) is 0 Å². The highest BCUT2D eigenvalue weighted by molar-refractivity contribution is 5.75. The zero-order valence-corrected chi connectivity index (χ0v) is 13.1. The molecule has 1 N–H and O–H groups in total. The summed E-state index contributed by atoms with van der Waals surface area (Å²) in [5, 5.41) is 6.88. The summed E-state index contributed by atoms with van der Waals surface area (Å²) in [5.41, 5.74) is 1.75. The molecule has 1 aliphatic carbocycles. The molecule has 2 amide bonds. The number of aryl methyl sites for hydroxylation is 2. The van der Waals surface area contributed by atoms with Crippen LogP contribution in [0.5, 0.6) is 0 Å². The van der Waals surface area contributed by atoms with Crippen LogP contribution in [0.15, 0.2) is 27.3 Å². The Labute approximate surface area is 129 Å². The molecule has 6 heteroatoms. The molecule has 0 spiro atoms. The number of urea groups is 1. The Bertz CT molecular complexity index is 624. The Morgan fingerprint density at radius 1 is 1.50 bits per heavy atom. The van der Waals surface area contributed by atoms with Crippen molar-refractivity contribution in [3.05, 3.63) is 41.2 Å². The van der Waals surface area contributed by atoms with Crippen LogP contribution in [0.4, 0.5) is 4.79 Å². The lowest BCUT2D eigenvalue weighted by atomic mass is 10.2. The highest BCUT2D eigenvalue weighted by Gasteiger charge is 2.37. The fourth-order valence-electron chi connectivity index (χ4n) is 2.69. The minimum atomic E-state index is -0.0774. The van der Waals surface area contributed by atoms with Crippen LogP contribution in [0.3, 0.4) is 0 Å². The quantitative estimate of drug-likeness (QED) is 0.919. The minimum absolute atomic E-state index is 0.0767. The molecule has 0 saturated heterocycles. The third-order valence-electron chi connectivity index (χ3n) is 4.14. The number of carbonyl (C=O) groups excluding carboxylic acids is 1. The van der Waals surface area contributed by atoms with Crippen LogP contribution in [0.1, 0.15) is 48.6 Å². The summed E-state index contributed by atoms with van der Waals surface area (Å²) in [6, 6.07) is 3.89. The molecule has 1 fully saturated rings. The van der Waals surface area contributed by atoms with Crippen molar-refractivity contribution in [2.75, 3.05) is 0 Å².